The number of benzene rings is 1. The number of nitrogens with one attached hydrogen (secondary N) is 1. The van der Waals surface area contributed by atoms with Crippen molar-refractivity contribution in [2.24, 2.45) is 5.41 Å². The van der Waals surface area contributed by atoms with Crippen LogP contribution in [0.5, 0.6) is 0 Å². The van der Waals surface area contributed by atoms with Crippen LogP contribution >= 0.6 is 27.3 Å². The molecule has 1 amide bonds. The molecule has 1 atom stereocenters. The molecule has 0 fully saturated rings. The fourth-order valence-electron chi connectivity index (χ4n) is 3.50. The van der Waals surface area contributed by atoms with Gasteiger partial charge < -0.3 is 9.72 Å². The Hall–Kier alpha value is -2.51. The number of fused-ring (bicyclic) bond motifs is 1. The first kappa shape index (κ1) is 18.8. The number of carbonyl (C=O) groups is 1. The van der Waals surface area contributed by atoms with Crippen LogP contribution in [0.15, 0.2) is 71.2 Å². The highest BCUT2D eigenvalue weighted by Crippen LogP contribution is 2.42. The quantitative estimate of drug-likeness (QED) is 0.441. The summed E-state index contributed by atoms with van der Waals surface area (Å²) in [5.74, 6) is -0.206. The number of halogens is 1. The van der Waals surface area contributed by atoms with E-state index in [0.29, 0.717) is 5.13 Å². The first-order valence-electron chi connectivity index (χ1n) is 8.85. The molecule has 0 saturated heterocycles. The van der Waals surface area contributed by atoms with E-state index in [4.69, 9.17) is 0 Å². The molecule has 0 aliphatic heterocycles. The second-order valence-corrected chi connectivity index (χ2v) is 8.79. The number of hydrogen-bond donors (Lipinski definition) is 1. The van der Waals surface area contributed by atoms with Crippen molar-refractivity contribution in [2.45, 2.75) is 19.8 Å². The first-order valence-corrected chi connectivity index (χ1v) is 10.5. The second kappa shape index (κ2) is 7.48. The maximum absolute atomic E-state index is 13.2. The fourth-order valence-corrected chi connectivity index (χ4v) is 4.45. The van der Waals surface area contributed by atoms with E-state index >= 15 is 0 Å². The average Bonchev–Trinajstić information content (AvgIpc) is 3.32. The van der Waals surface area contributed by atoms with Gasteiger partial charge in [-0.15, -0.1) is 11.3 Å². The van der Waals surface area contributed by atoms with E-state index < -0.39 is 5.41 Å². The highest BCUT2D eigenvalue weighted by atomic mass is 79.9. The number of aromatic nitrogens is 3. The predicted molar refractivity (Wildman–Crippen MR) is 116 cm³/mol. The third kappa shape index (κ3) is 3.47. The van der Waals surface area contributed by atoms with Gasteiger partial charge in [0.25, 0.3) is 0 Å². The lowest BCUT2D eigenvalue weighted by atomic mass is 9.71. The van der Waals surface area contributed by atoms with Crippen molar-refractivity contribution in [1.82, 2.24) is 14.4 Å². The zero-order chi connectivity index (χ0) is 19.7. The van der Waals surface area contributed by atoms with Gasteiger partial charge in [-0.05, 0) is 33.1 Å². The number of amides is 1. The second-order valence-electron chi connectivity index (χ2n) is 7.15. The van der Waals surface area contributed by atoms with Crippen molar-refractivity contribution >= 4 is 43.8 Å². The van der Waals surface area contributed by atoms with E-state index in [0.717, 1.165) is 21.2 Å². The molecular formula is C21H19BrN4OS. The number of nitrogens with zero attached hydrogens (tertiary/aromatic N) is 3. The van der Waals surface area contributed by atoms with Gasteiger partial charge in [-0.1, -0.05) is 50.2 Å². The molecule has 0 aliphatic carbocycles. The summed E-state index contributed by atoms with van der Waals surface area (Å²) in [4.78, 5) is 21.7. The van der Waals surface area contributed by atoms with Crippen LogP contribution in [0.3, 0.4) is 0 Å². The first-order chi connectivity index (χ1) is 13.5. The molecule has 4 aromatic rings. The van der Waals surface area contributed by atoms with E-state index in [-0.39, 0.29) is 11.8 Å². The van der Waals surface area contributed by atoms with Gasteiger partial charge in [0, 0.05) is 23.7 Å². The molecule has 0 bridgehead atoms. The highest BCUT2D eigenvalue weighted by molar-refractivity contribution is 9.10. The van der Waals surface area contributed by atoms with E-state index in [1.54, 1.807) is 12.5 Å². The minimum Gasteiger partial charge on any atom is -0.305 e. The summed E-state index contributed by atoms with van der Waals surface area (Å²) in [5.41, 5.74) is 2.40. The predicted octanol–water partition coefficient (Wildman–Crippen LogP) is 5.35. The number of pyridine rings is 1. The van der Waals surface area contributed by atoms with E-state index in [9.17, 15) is 4.79 Å². The molecule has 142 valence electrons. The van der Waals surface area contributed by atoms with Gasteiger partial charge in [-0.25, -0.2) is 9.97 Å². The number of hydrogen-bond acceptors (Lipinski definition) is 4. The Bertz CT molecular complexity index is 1110. The lowest BCUT2D eigenvalue weighted by Gasteiger charge is -2.33. The van der Waals surface area contributed by atoms with Crippen LogP contribution < -0.4 is 5.32 Å². The highest BCUT2D eigenvalue weighted by Gasteiger charge is 2.39. The minimum atomic E-state index is -0.710. The molecule has 28 heavy (non-hydrogen) atoms. The molecule has 4 rings (SSSR count). The Morgan fingerprint density at radius 2 is 1.93 bits per heavy atom. The molecule has 3 aromatic heterocycles. The summed E-state index contributed by atoms with van der Waals surface area (Å²) in [5, 5.41) is 5.42. The maximum Gasteiger partial charge on any atom is 0.232 e. The number of imidazole rings is 1. The van der Waals surface area contributed by atoms with Gasteiger partial charge in [0.05, 0.1) is 10.9 Å². The molecule has 0 radical (unpaired) electrons. The van der Waals surface area contributed by atoms with Crippen molar-refractivity contribution in [3.8, 4) is 0 Å². The molecule has 1 unspecified atom stereocenters. The van der Waals surface area contributed by atoms with Crippen molar-refractivity contribution in [3.63, 3.8) is 0 Å². The molecule has 1 N–H and O–H groups in total. The van der Waals surface area contributed by atoms with Crippen LogP contribution in [0.1, 0.15) is 30.9 Å². The number of carbonyl (C=O) groups excluding carboxylic acids is 1. The topological polar surface area (TPSA) is 59.3 Å². The van der Waals surface area contributed by atoms with Crippen LogP contribution in [-0.2, 0) is 4.79 Å². The normalized spacial score (nSPS) is 12.8. The summed E-state index contributed by atoms with van der Waals surface area (Å²) in [6.07, 6.45) is 5.50. The van der Waals surface area contributed by atoms with Gasteiger partial charge in [0.1, 0.15) is 10.9 Å². The van der Waals surface area contributed by atoms with Gasteiger partial charge >= 0.3 is 0 Å². The molecule has 3 heterocycles. The smallest absolute Gasteiger partial charge is 0.232 e. The van der Waals surface area contributed by atoms with Crippen LogP contribution in [-0.4, -0.2) is 20.3 Å². The molecule has 5 nitrogen and oxygen atoms in total. The average molecular weight is 455 g/mol. The molecule has 0 aliphatic rings. The Morgan fingerprint density at radius 1 is 1.14 bits per heavy atom. The van der Waals surface area contributed by atoms with Gasteiger partial charge in [-0.3, -0.25) is 4.79 Å². The zero-order valence-electron chi connectivity index (χ0n) is 15.5. The summed E-state index contributed by atoms with van der Waals surface area (Å²) in [7, 11) is 0. The Morgan fingerprint density at radius 3 is 2.64 bits per heavy atom. The SMILES string of the molecule is CC(C)(C(=O)Nc1nccs1)C(c1ccccc1)c1ccc2c(Br)ncn2c1. The summed E-state index contributed by atoms with van der Waals surface area (Å²) in [6, 6.07) is 14.2. The van der Waals surface area contributed by atoms with Crippen molar-refractivity contribution < 1.29 is 4.79 Å². The largest absolute Gasteiger partial charge is 0.305 e. The van der Waals surface area contributed by atoms with E-state index in [1.165, 1.54) is 11.3 Å². The molecule has 0 saturated carbocycles. The van der Waals surface area contributed by atoms with Gasteiger partial charge in [0.2, 0.25) is 5.91 Å². The maximum atomic E-state index is 13.2. The zero-order valence-corrected chi connectivity index (χ0v) is 17.9. The lowest BCUT2D eigenvalue weighted by Crippen LogP contribution is -2.37. The minimum absolute atomic E-state index is 0.0665. The van der Waals surface area contributed by atoms with Crippen LogP contribution in [0.4, 0.5) is 5.13 Å². The summed E-state index contributed by atoms with van der Waals surface area (Å²) in [6.45, 7) is 3.95. The third-order valence-corrected chi connectivity index (χ3v) is 6.23. The molecule has 1 aromatic carbocycles. The number of thiazole rings is 1. The van der Waals surface area contributed by atoms with Crippen LogP contribution in [0.25, 0.3) is 5.52 Å². The summed E-state index contributed by atoms with van der Waals surface area (Å²) >= 11 is 4.88. The van der Waals surface area contributed by atoms with Crippen molar-refractivity contribution in [3.05, 3.63) is 82.3 Å². The third-order valence-electron chi connectivity index (χ3n) is 4.93. The molecule has 7 heteroatoms. The number of rotatable bonds is 5. The standard InChI is InChI=1S/C21H19BrN4OS/c1-21(2,19(27)25-20-23-10-11-28-20)17(14-6-4-3-5-7-14)15-8-9-16-18(22)24-13-26(16)12-15/h3-13,17H,1-2H3,(H,23,25,27). The Kier molecular flexibility index (Phi) is 5.03. The van der Waals surface area contributed by atoms with Gasteiger partial charge in [-0.2, -0.15) is 0 Å². The Balaban J connectivity index is 1.79. The van der Waals surface area contributed by atoms with Crippen LogP contribution in [0, 0.1) is 5.41 Å². The van der Waals surface area contributed by atoms with E-state index in [2.05, 4.69) is 49.4 Å². The molecular weight excluding hydrogens is 436 g/mol. The van der Waals surface area contributed by atoms with Gasteiger partial charge in [0.15, 0.2) is 5.13 Å². The lowest BCUT2D eigenvalue weighted by molar-refractivity contribution is -0.124. The number of anilines is 1. The monoisotopic (exact) mass is 454 g/mol. The van der Waals surface area contributed by atoms with Crippen LogP contribution in [0.2, 0.25) is 0 Å². The molecule has 0 spiro atoms. The summed E-state index contributed by atoms with van der Waals surface area (Å²) < 4.78 is 2.78. The van der Waals surface area contributed by atoms with Crippen molar-refractivity contribution in [1.29, 1.82) is 0 Å². The fraction of sp³-hybridized carbons (Fsp3) is 0.190. The van der Waals surface area contributed by atoms with E-state index in [1.807, 2.05) is 54.1 Å². The Labute approximate surface area is 175 Å². The van der Waals surface area contributed by atoms with Crippen molar-refractivity contribution in [2.75, 3.05) is 5.32 Å².